The third-order valence-corrected chi connectivity index (χ3v) is 5.12. The Morgan fingerprint density at radius 1 is 1.48 bits per heavy atom. The molecule has 0 amide bonds. The van der Waals surface area contributed by atoms with Crippen molar-refractivity contribution >= 4 is 21.5 Å². The molecule has 0 aliphatic carbocycles. The van der Waals surface area contributed by atoms with Gasteiger partial charge in [-0.2, -0.15) is 0 Å². The van der Waals surface area contributed by atoms with Gasteiger partial charge in [0.15, 0.2) is 9.84 Å². The number of aliphatic carboxylic acids is 1. The van der Waals surface area contributed by atoms with Crippen LogP contribution >= 0.6 is 0 Å². The summed E-state index contributed by atoms with van der Waals surface area (Å²) < 4.78 is 29.9. The van der Waals surface area contributed by atoms with E-state index in [1.54, 1.807) is 6.07 Å². The van der Waals surface area contributed by atoms with Gasteiger partial charge in [0.2, 0.25) is 0 Å². The van der Waals surface area contributed by atoms with Crippen LogP contribution in [0.3, 0.4) is 0 Å². The van der Waals surface area contributed by atoms with Crippen molar-refractivity contribution in [1.29, 1.82) is 0 Å². The lowest BCUT2D eigenvalue weighted by molar-refractivity contribution is -0.136. The van der Waals surface area contributed by atoms with Crippen molar-refractivity contribution in [2.75, 3.05) is 17.6 Å². The quantitative estimate of drug-likeness (QED) is 0.860. The van der Waals surface area contributed by atoms with Crippen molar-refractivity contribution in [3.63, 3.8) is 0 Å². The minimum Gasteiger partial charge on any atom is -0.486 e. The Bertz CT molecular complexity index is 639. The molecule has 7 heteroatoms. The molecule has 2 N–H and O–H groups in total. The van der Waals surface area contributed by atoms with E-state index in [-0.39, 0.29) is 11.0 Å². The highest BCUT2D eigenvalue weighted by Crippen LogP contribution is 2.33. The zero-order valence-electron chi connectivity index (χ0n) is 12.0. The summed E-state index contributed by atoms with van der Waals surface area (Å²) in [6, 6.07) is 4.58. The first-order valence-electron chi connectivity index (χ1n) is 6.79. The second-order valence-electron chi connectivity index (χ2n) is 5.40. The van der Waals surface area contributed by atoms with Crippen LogP contribution in [0.25, 0.3) is 0 Å². The van der Waals surface area contributed by atoms with Gasteiger partial charge in [0, 0.05) is 0 Å². The summed E-state index contributed by atoms with van der Waals surface area (Å²) in [7, 11) is -3.60. The zero-order valence-corrected chi connectivity index (χ0v) is 12.8. The Kier molecular flexibility index (Phi) is 4.41. The van der Waals surface area contributed by atoms with Crippen molar-refractivity contribution in [1.82, 2.24) is 0 Å². The Labute approximate surface area is 124 Å². The molecule has 6 nitrogen and oxygen atoms in total. The van der Waals surface area contributed by atoms with E-state index < -0.39 is 28.0 Å². The number of carboxylic acid groups (broad SMARTS) is 1. The number of hydrogen-bond donors (Lipinski definition) is 2. The predicted octanol–water partition coefficient (Wildman–Crippen LogP) is 1.76. The monoisotopic (exact) mass is 313 g/mol. The van der Waals surface area contributed by atoms with E-state index in [9.17, 15) is 13.2 Å². The van der Waals surface area contributed by atoms with Gasteiger partial charge in [-0.05, 0) is 24.1 Å². The van der Waals surface area contributed by atoms with Crippen LogP contribution in [0.5, 0.6) is 5.75 Å². The number of hydrogen-bond acceptors (Lipinski definition) is 5. The molecule has 2 rings (SSSR count). The molecule has 1 aromatic rings. The SMILES string of the molecule is CC(C)C1CNc2cc(S(=O)(=O)CCC(=O)O)ccc2O1. The Morgan fingerprint density at radius 3 is 2.81 bits per heavy atom. The molecule has 0 bridgehead atoms. The molecule has 0 radical (unpaired) electrons. The number of nitrogens with one attached hydrogen (secondary N) is 1. The number of carboxylic acids is 1. The van der Waals surface area contributed by atoms with E-state index in [4.69, 9.17) is 9.84 Å². The van der Waals surface area contributed by atoms with Gasteiger partial charge in [0.05, 0.1) is 29.3 Å². The van der Waals surface area contributed by atoms with Crippen molar-refractivity contribution in [2.45, 2.75) is 31.3 Å². The highest BCUT2D eigenvalue weighted by atomic mass is 32.2. The summed E-state index contributed by atoms with van der Waals surface area (Å²) in [4.78, 5) is 10.6. The van der Waals surface area contributed by atoms with Crippen molar-refractivity contribution in [2.24, 2.45) is 5.92 Å². The largest absolute Gasteiger partial charge is 0.486 e. The Morgan fingerprint density at radius 2 is 2.19 bits per heavy atom. The predicted molar refractivity (Wildman–Crippen MR) is 78.5 cm³/mol. The fraction of sp³-hybridized carbons (Fsp3) is 0.500. The lowest BCUT2D eigenvalue weighted by Crippen LogP contribution is -2.35. The lowest BCUT2D eigenvalue weighted by Gasteiger charge is -2.30. The van der Waals surface area contributed by atoms with Crippen LogP contribution in [0, 0.1) is 5.92 Å². The van der Waals surface area contributed by atoms with Gasteiger partial charge in [0.1, 0.15) is 11.9 Å². The molecule has 1 aromatic carbocycles. The number of ether oxygens (including phenoxy) is 1. The number of benzene rings is 1. The van der Waals surface area contributed by atoms with Gasteiger partial charge < -0.3 is 15.2 Å². The molecule has 1 aliphatic rings. The highest BCUT2D eigenvalue weighted by molar-refractivity contribution is 7.91. The van der Waals surface area contributed by atoms with Gasteiger partial charge in [0.25, 0.3) is 0 Å². The molecule has 0 spiro atoms. The summed E-state index contributed by atoms with van der Waals surface area (Å²) in [5.41, 5.74) is 0.628. The standard InChI is InChI=1S/C14H19NO5S/c1-9(2)13-8-15-11-7-10(3-4-12(11)20-13)21(18,19)6-5-14(16)17/h3-4,7,9,13,15H,5-6,8H2,1-2H3,(H,16,17). The maximum Gasteiger partial charge on any atom is 0.304 e. The molecule has 0 fully saturated rings. The van der Waals surface area contributed by atoms with E-state index >= 15 is 0 Å². The van der Waals surface area contributed by atoms with Crippen LogP contribution in [0.2, 0.25) is 0 Å². The molecule has 21 heavy (non-hydrogen) atoms. The number of sulfone groups is 1. The molecule has 0 saturated carbocycles. The first-order valence-corrected chi connectivity index (χ1v) is 8.44. The Hall–Kier alpha value is -1.76. The summed E-state index contributed by atoms with van der Waals surface area (Å²) >= 11 is 0. The van der Waals surface area contributed by atoms with E-state index in [1.165, 1.54) is 12.1 Å². The molecular weight excluding hydrogens is 294 g/mol. The van der Waals surface area contributed by atoms with E-state index in [2.05, 4.69) is 19.2 Å². The van der Waals surface area contributed by atoms with Crippen LogP contribution in [-0.4, -0.2) is 37.9 Å². The van der Waals surface area contributed by atoms with Crippen LogP contribution in [0.15, 0.2) is 23.1 Å². The van der Waals surface area contributed by atoms with Crippen LogP contribution in [-0.2, 0) is 14.6 Å². The summed E-state index contributed by atoms with van der Waals surface area (Å²) in [5.74, 6) is -0.559. The van der Waals surface area contributed by atoms with Crippen LogP contribution in [0.1, 0.15) is 20.3 Å². The molecule has 0 saturated heterocycles. The molecule has 1 aliphatic heterocycles. The van der Waals surface area contributed by atoms with Gasteiger partial charge in [-0.15, -0.1) is 0 Å². The zero-order chi connectivity index (χ0) is 15.6. The maximum absolute atomic E-state index is 12.1. The lowest BCUT2D eigenvalue weighted by atomic mass is 10.1. The van der Waals surface area contributed by atoms with Crippen molar-refractivity contribution in [3.8, 4) is 5.75 Å². The van der Waals surface area contributed by atoms with Crippen molar-refractivity contribution < 1.29 is 23.1 Å². The van der Waals surface area contributed by atoms with Crippen LogP contribution < -0.4 is 10.1 Å². The third-order valence-electron chi connectivity index (χ3n) is 3.41. The first kappa shape index (κ1) is 15.6. The smallest absolute Gasteiger partial charge is 0.304 e. The molecule has 1 unspecified atom stereocenters. The number of carbonyl (C=O) groups is 1. The molecule has 1 atom stereocenters. The first-order chi connectivity index (χ1) is 9.79. The number of fused-ring (bicyclic) bond motifs is 1. The summed E-state index contributed by atoms with van der Waals surface area (Å²) in [6.07, 6.45) is -0.356. The van der Waals surface area contributed by atoms with E-state index in [0.717, 1.165) is 0 Å². The Balaban J connectivity index is 2.21. The van der Waals surface area contributed by atoms with E-state index in [0.29, 0.717) is 23.9 Å². The number of rotatable bonds is 5. The highest BCUT2D eigenvalue weighted by Gasteiger charge is 2.24. The third kappa shape index (κ3) is 3.66. The normalized spacial score (nSPS) is 17.8. The second kappa shape index (κ2) is 5.93. The minimum atomic E-state index is -3.60. The molecular formula is C14H19NO5S. The van der Waals surface area contributed by atoms with Gasteiger partial charge in [-0.1, -0.05) is 13.8 Å². The van der Waals surface area contributed by atoms with Gasteiger partial charge >= 0.3 is 5.97 Å². The topological polar surface area (TPSA) is 92.7 Å². The van der Waals surface area contributed by atoms with Gasteiger partial charge in [-0.25, -0.2) is 8.42 Å². The van der Waals surface area contributed by atoms with Crippen LogP contribution in [0.4, 0.5) is 5.69 Å². The van der Waals surface area contributed by atoms with Crippen molar-refractivity contribution in [3.05, 3.63) is 18.2 Å². The van der Waals surface area contributed by atoms with E-state index in [1.807, 2.05) is 0 Å². The summed E-state index contributed by atoms with van der Waals surface area (Å²) in [5, 5.41) is 11.8. The second-order valence-corrected chi connectivity index (χ2v) is 7.51. The minimum absolute atomic E-state index is 0.0481. The maximum atomic E-state index is 12.1. The summed E-state index contributed by atoms with van der Waals surface area (Å²) in [6.45, 7) is 4.73. The van der Waals surface area contributed by atoms with Gasteiger partial charge in [-0.3, -0.25) is 4.79 Å². The fourth-order valence-corrected chi connectivity index (χ4v) is 3.32. The molecule has 0 aromatic heterocycles. The molecule has 1 heterocycles. The fourth-order valence-electron chi connectivity index (χ4n) is 2.07. The average molecular weight is 313 g/mol. The number of anilines is 1. The average Bonchev–Trinajstić information content (AvgIpc) is 2.44. The molecule has 116 valence electrons.